The third kappa shape index (κ3) is 24.6. The highest BCUT2D eigenvalue weighted by Gasteiger charge is 2.34. The molecule has 3 amide bonds. The Morgan fingerprint density at radius 3 is 1.51 bits per heavy atom. The molecule has 2 fully saturated rings. The number of esters is 2. The number of carboxylic acids is 1. The second kappa shape index (κ2) is 30.3. The molecular weight excluding hydrogens is 899 g/mol. The molecule has 6 atom stereocenters. The number of carbonyl (C=O) groups is 6. The van der Waals surface area contributed by atoms with Crippen LogP contribution in [-0.2, 0) is 51.0 Å². The summed E-state index contributed by atoms with van der Waals surface area (Å²) in [4.78, 5) is 73.4. The zero-order valence-electron chi connectivity index (χ0n) is 42.2. The van der Waals surface area contributed by atoms with Crippen molar-refractivity contribution in [3.63, 3.8) is 0 Å². The Balaban J connectivity index is 0.000000393. The van der Waals surface area contributed by atoms with Gasteiger partial charge in [0.05, 0.1) is 20.8 Å². The minimum atomic E-state index is -1.18. The number of methoxy groups -OCH3 is 2. The lowest BCUT2D eigenvalue weighted by Gasteiger charge is -2.36. The topological polar surface area (TPSA) is 223 Å². The molecule has 17 nitrogen and oxygen atoms in total. The fourth-order valence-corrected chi connectivity index (χ4v) is 8.04. The van der Waals surface area contributed by atoms with E-state index in [0.717, 1.165) is 32.2 Å². The maximum atomic E-state index is 13.7. The molecule has 0 saturated heterocycles. The average molecular weight is 977 g/mol. The van der Waals surface area contributed by atoms with E-state index in [9.17, 15) is 37.5 Å². The van der Waals surface area contributed by atoms with Crippen molar-refractivity contribution in [2.45, 2.75) is 141 Å². The maximum absolute atomic E-state index is 13.7. The predicted molar refractivity (Wildman–Crippen MR) is 257 cm³/mol. The zero-order chi connectivity index (χ0) is 51.7. The molecule has 0 spiro atoms. The molecule has 0 aliphatic heterocycles. The van der Waals surface area contributed by atoms with E-state index >= 15 is 0 Å². The minimum Gasteiger partial charge on any atom is -0.480 e. The van der Waals surface area contributed by atoms with Gasteiger partial charge in [0.15, 0.2) is 0 Å². The van der Waals surface area contributed by atoms with E-state index in [-0.39, 0.29) is 37.3 Å². The van der Waals surface area contributed by atoms with Crippen molar-refractivity contribution in [3.05, 3.63) is 71.3 Å². The van der Waals surface area contributed by atoms with Crippen LogP contribution in [0.1, 0.15) is 104 Å². The first-order chi connectivity index (χ1) is 32.5. The number of alkyl carbamates (subject to hydrolysis) is 2. The monoisotopic (exact) mass is 977 g/mol. The SMILES string of the molecule is CC(C)(C)OC(=O)N[C@@H](Cc1ccc(F)cc1)C(=O)O.CN[C@@H]1CCCC[C@H]1CN(CC(=O)OC)C(=O)[C@H](Cc1ccc(F)cc1)NC(=O)OC(C)(C)C.CN[C@@H]1CCCC[C@H]1CNCC(=O)OC. The van der Waals surface area contributed by atoms with E-state index in [2.05, 4.69) is 31.3 Å². The molecule has 0 bridgehead atoms. The fraction of sp³-hybridized carbons (Fsp3) is 0.640. The molecule has 69 heavy (non-hydrogen) atoms. The van der Waals surface area contributed by atoms with E-state index in [1.54, 1.807) is 53.7 Å². The summed E-state index contributed by atoms with van der Waals surface area (Å²) >= 11 is 0. The number of nitrogens with one attached hydrogen (secondary N) is 5. The smallest absolute Gasteiger partial charge is 0.408 e. The normalized spacial score (nSPS) is 18.8. The largest absolute Gasteiger partial charge is 0.480 e. The van der Waals surface area contributed by atoms with Crippen LogP contribution in [0.15, 0.2) is 48.5 Å². The highest BCUT2D eigenvalue weighted by atomic mass is 19.1. The Hall–Kier alpha value is -5.40. The second-order valence-corrected chi connectivity index (χ2v) is 19.3. The maximum Gasteiger partial charge on any atom is 0.408 e. The third-order valence-electron chi connectivity index (χ3n) is 11.5. The van der Waals surface area contributed by atoms with Crippen LogP contribution in [0.5, 0.6) is 0 Å². The van der Waals surface area contributed by atoms with Gasteiger partial charge in [-0.2, -0.15) is 0 Å². The number of halogens is 2. The molecule has 6 N–H and O–H groups in total. The van der Waals surface area contributed by atoms with Gasteiger partial charge in [0.1, 0.15) is 41.5 Å². The van der Waals surface area contributed by atoms with Gasteiger partial charge in [0, 0.05) is 31.5 Å². The Labute approximate surface area is 406 Å². The zero-order valence-corrected chi connectivity index (χ0v) is 42.2. The summed E-state index contributed by atoms with van der Waals surface area (Å²) in [5, 5.41) is 23.9. The molecule has 0 radical (unpaired) electrons. The summed E-state index contributed by atoms with van der Waals surface area (Å²) in [6, 6.07) is 9.86. The van der Waals surface area contributed by atoms with Crippen LogP contribution in [0.3, 0.4) is 0 Å². The van der Waals surface area contributed by atoms with Gasteiger partial charge in [-0.15, -0.1) is 0 Å². The second-order valence-electron chi connectivity index (χ2n) is 19.3. The van der Waals surface area contributed by atoms with Crippen molar-refractivity contribution >= 4 is 36.0 Å². The van der Waals surface area contributed by atoms with Crippen LogP contribution in [0, 0.1) is 23.5 Å². The molecule has 19 heteroatoms. The Bertz CT molecular complexity index is 1890. The first kappa shape index (κ1) is 59.7. The summed E-state index contributed by atoms with van der Waals surface area (Å²) in [5.74, 6) is -2.31. The number of ether oxygens (including phenoxy) is 4. The van der Waals surface area contributed by atoms with Crippen LogP contribution >= 0.6 is 0 Å². The van der Waals surface area contributed by atoms with E-state index in [1.165, 1.54) is 81.2 Å². The van der Waals surface area contributed by atoms with Gasteiger partial charge in [-0.3, -0.25) is 14.4 Å². The number of nitrogens with zero attached hydrogens (tertiary/aromatic N) is 1. The molecule has 0 aromatic heterocycles. The minimum absolute atomic E-state index is 0.0505. The first-order valence-corrected chi connectivity index (χ1v) is 23.7. The van der Waals surface area contributed by atoms with Gasteiger partial charge in [-0.1, -0.05) is 49.9 Å². The number of aliphatic carboxylic acids is 1. The van der Waals surface area contributed by atoms with Crippen molar-refractivity contribution in [1.82, 2.24) is 31.5 Å². The number of hydrogen-bond acceptors (Lipinski definition) is 13. The lowest BCUT2D eigenvalue weighted by Crippen LogP contribution is -2.54. The third-order valence-corrected chi connectivity index (χ3v) is 11.5. The summed E-state index contributed by atoms with van der Waals surface area (Å²) in [7, 11) is 6.61. The fourth-order valence-electron chi connectivity index (χ4n) is 8.04. The molecule has 2 saturated carbocycles. The highest BCUT2D eigenvalue weighted by molar-refractivity contribution is 5.88. The van der Waals surface area contributed by atoms with Gasteiger partial charge in [0.2, 0.25) is 5.91 Å². The van der Waals surface area contributed by atoms with Gasteiger partial charge >= 0.3 is 30.1 Å². The van der Waals surface area contributed by atoms with Crippen LogP contribution in [0.25, 0.3) is 0 Å². The van der Waals surface area contributed by atoms with Gasteiger partial charge in [-0.05, 0) is 135 Å². The van der Waals surface area contributed by atoms with Crippen LogP contribution in [0.4, 0.5) is 18.4 Å². The molecule has 2 aromatic rings. The van der Waals surface area contributed by atoms with E-state index in [0.29, 0.717) is 36.2 Å². The van der Waals surface area contributed by atoms with Crippen LogP contribution < -0.4 is 26.6 Å². The predicted octanol–water partition coefficient (Wildman–Crippen LogP) is 5.91. The van der Waals surface area contributed by atoms with E-state index in [1.807, 2.05) is 14.1 Å². The molecule has 2 aliphatic rings. The van der Waals surface area contributed by atoms with Crippen molar-refractivity contribution in [3.8, 4) is 0 Å². The van der Waals surface area contributed by atoms with Gasteiger partial charge < -0.3 is 55.5 Å². The molecule has 0 heterocycles. The van der Waals surface area contributed by atoms with Crippen molar-refractivity contribution in [2.75, 3.05) is 54.5 Å². The Kier molecular flexibility index (Phi) is 26.2. The summed E-state index contributed by atoms with van der Waals surface area (Å²) in [5.41, 5.74) is -0.181. The van der Waals surface area contributed by atoms with Crippen LogP contribution in [-0.4, -0.2) is 136 Å². The molecule has 2 aromatic carbocycles. The first-order valence-electron chi connectivity index (χ1n) is 23.7. The Morgan fingerprint density at radius 2 is 1.07 bits per heavy atom. The lowest BCUT2D eigenvalue weighted by atomic mass is 9.84. The quantitative estimate of drug-likeness (QED) is 0.0755. The van der Waals surface area contributed by atoms with E-state index in [4.69, 9.17) is 19.3 Å². The average Bonchev–Trinajstić information content (AvgIpc) is 3.28. The van der Waals surface area contributed by atoms with Crippen molar-refractivity contribution in [1.29, 1.82) is 0 Å². The Morgan fingerprint density at radius 1 is 0.652 bits per heavy atom. The molecule has 4 rings (SSSR count). The van der Waals surface area contributed by atoms with E-state index < -0.39 is 65.0 Å². The summed E-state index contributed by atoms with van der Waals surface area (Å²) in [6.45, 7) is 11.6. The number of hydrogen-bond donors (Lipinski definition) is 6. The number of benzene rings is 2. The number of amides is 3. The molecule has 0 unspecified atom stereocenters. The standard InChI is InChI=1S/C25H38FN3O5.C14H18FNO4.C11H22N2O2/c1-25(2,3)34-24(32)28-21(14-17-10-12-19(26)13-11-17)23(31)29(16-22(30)33-5)15-18-8-6-7-9-20(18)27-4;1-14(2,3)20-13(19)16-11(12(17)18)8-9-4-6-10(15)7-5-9;1-12-10-6-4-3-5-9(10)7-13-8-11(14)15-2/h10-13,18,20-21,27H,6-9,14-16H2,1-5H3,(H,28,32);4-7,11H,8H2,1-3H3,(H,16,19)(H,17,18);9-10,12-13H,3-8H2,1-2H3/t18-,20+,21-;11-;9-,10+/m000/s1. The number of rotatable bonds is 18. The molecule has 388 valence electrons. The highest BCUT2D eigenvalue weighted by Crippen LogP contribution is 2.26. The number of carboxylic acid groups (broad SMARTS) is 1. The van der Waals surface area contributed by atoms with Gasteiger partial charge in [-0.25, -0.2) is 23.2 Å². The van der Waals surface area contributed by atoms with Gasteiger partial charge in [0.25, 0.3) is 0 Å². The van der Waals surface area contributed by atoms with Crippen molar-refractivity contribution in [2.24, 2.45) is 11.8 Å². The summed E-state index contributed by atoms with van der Waals surface area (Å²) in [6.07, 6.45) is 7.85. The number of carbonyl (C=O) groups excluding carboxylic acids is 5. The van der Waals surface area contributed by atoms with Crippen molar-refractivity contribution < 1.29 is 61.6 Å². The summed E-state index contributed by atoms with van der Waals surface area (Å²) < 4.78 is 45.9. The molecule has 2 aliphatic carbocycles. The lowest BCUT2D eigenvalue weighted by molar-refractivity contribution is -0.148. The van der Waals surface area contributed by atoms with Crippen LogP contribution in [0.2, 0.25) is 0 Å². The molecular formula is C50H78F2N6O11.